The lowest BCUT2D eigenvalue weighted by molar-refractivity contribution is 0.277. The van der Waals surface area contributed by atoms with Crippen LogP contribution in [0.3, 0.4) is 0 Å². The van der Waals surface area contributed by atoms with Gasteiger partial charge >= 0.3 is 5.69 Å². The van der Waals surface area contributed by atoms with Gasteiger partial charge in [0.05, 0.1) is 12.2 Å². The first-order valence-electron chi connectivity index (χ1n) is 7.40. The van der Waals surface area contributed by atoms with Crippen LogP contribution in [0.1, 0.15) is 26.3 Å². The third-order valence-electron chi connectivity index (χ3n) is 4.57. The minimum Gasteiger partial charge on any atom is -0.501 e. The third kappa shape index (κ3) is 2.98. The van der Waals surface area contributed by atoms with E-state index in [4.69, 9.17) is 4.43 Å². The largest absolute Gasteiger partial charge is 0.501 e. The maximum atomic E-state index is 10.3. The van der Waals surface area contributed by atoms with Gasteiger partial charge in [0.2, 0.25) is 11.1 Å². The molecule has 22 heavy (non-hydrogen) atoms. The number of diazo groups is 1. The van der Waals surface area contributed by atoms with E-state index in [0.717, 1.165) is 5.39 Å². The van der Waals surface area contributed by atoms with Crippen molar-refractivity contribution in [1.82, 2.24) is 0 Å². The van der Waals surface area contributed by atoms with Crippen molar-refractivity contribution in [3.05, 3.63) is 40.9 Å². The van der Waals surface area contributed by atoms with E-state index in [1.54, 1.807) is 6.07 Å². The number of hydrogen-bond donors (Lipinski definition) is 1. The second-order valence-electron chi connectivity index (χ2n) is 7.10. The molecule has 0 spiro atoms. The van der Waals surface area contributed by atoms with Crippen LogP contribution in [-0.4, -0.2) is 13.4 Å². The van der Waals surface area contributed by atoms with Crippen LogP contribution in [-0.2, 0) is 11.0 Å². The highest BCUT2D eigenvalue weighted by Crippen LogP contribution is 2.41. The van der Waals surface area contributed by atoms with Crippen molar-refractivity contribution in [3.63, 3.8) is 0 Å². The number of phenols is 1. The molecule has 2 rings (SSSR count). The molecule has 0 aliphatic carbocycles. The fraction of sp³-hybridized carbons (Fsp3) is 0.412. The summed E-state index contributed by atoms with van der Waals surface area (Å²) in [6.45, 7) is 11.2. The number of nitrogens with zero attached hydrogens (tertiary/aromatic N) is 2. The fourth-order valence-corrected chi connectivity index (χ4v) is 3.02. The van der Waals surface area contributed by atoms with E-state index in [1.807, 2.05) is 24.3 Å². The number of hydrogen-bond acceptors (Lipinski definition) is 3. The molecule has 0 saturated heterocycles. The van der Waals surface area contributed by atoms with Gasteiger partial charge in [-0.15, -0.1) is 0 Å². The molecule has 116 valence electrons. The minimum atomic E-state index is -1.91. The van der Waals surface area contributed by atoms with Crippen molar-refractivity contribution in [3.8, 4) is 5.75 Å². The molecule has 0 fully saturated rings. The summed E-state index contributed by atoms with van der Waals surface area (Å²) in [4.78, 5) is 3.27. The molecule has 0 atom stereocenters. The van der Waals surface area contributed by atoms with Crippen molar-refractivity contribution >= 4 is 24.8 Å². The van der Waals surface area contributed by atoms with Crippen LogP contribution in [0.5, 0.6) is 5.75 Å². The monoisotopic (exact) mass is 315 g/mol. The first kappa shape index (κ1) is 16.5. The predicted molar refractivity (Wildman–Crippen MR) is 92.3 cm³/mol. The van der Waals surface area contributed by atoms with Gasteiger partial charge in [-0.05, 0) is 29.6 Å². The lowest BCUT2D eigenvalue weighted by atomic mass is 10.0. The molecule has 0 radical (unpaired) electrons. The lowest BCUT2D eigenvalue weighted by Gasteiger charge is -2.36. The van der Waals surface area contributed by atoms with Gasteiger partial charge in [0, 0.05) is 5.39 Å². The average Bonchev–Trinajstić information content (AvgIpc) is 2.44. The highest BCUT2D eigenvalue weighted by atomic mass is 28.4. The van der Waals surface area contributed by atoms with Crippen LogP contribution in [0.25, 0.3) is 15.7 Å². The quantitative estimate of drug-likeness (QED) is 0.596. The van der Waals surface area contributed by atoms with Crippen molar-refractivity contribution in [2.24, 2.45) is 0 Å². The van der Waals surface area contributed by atoms with Gasteiger partial charge in [0.1, 0.15) is 0 Å². The second-order valence-corrected chi connectivity index (χ2v) is 11.9. The zero-order valence-corrected chi connectivity index (χ0v) is 14.8. The Morgan fingerprint density at radius 1 is 1.23 bits per heavy atom. The van der Waals surface area contributed by atoms with Gasteiger partial charge in [-0.2, -0.15) is 0 Å². The number of phenolic OH excluding ortho intramolecular Hbond substituents is 1. The third-order valence-corrected chi connectivity index (χ3v) is 9.05. The van der Waals surface area contributed by atoms with E-state index in [9.17, 15) is 10.5 Å². The van der Waals surface area contributed by atoms with E-state index < -0.39 is 8.32 Å². The van der Waals surface area contributed by atoms with Gasteiger partial charge in [0.25, 0.3) is 0 Å². The van der Waals surface area contributed by atoms with Crippen molar-refractivity contribution in [1.29, 1.82) is 5.39 Å². The highest BCUT2D eigenvalue weighted by molar-refractivity contribution is 6.74. The van der Waals surface area contributed by atoms with Crippen LogP contribution >= 0.6 is 0 Å². The first-order valence-corrected chi connectivity index (χ1v) is 10.3. The van der Waals surface area contributed by atoms with Crippen molar-refractivity contribution in [2.75, 3.05) is 0 Å². The molecule has 0 bridgehead atoms. The summed E-state index contributed by atoms with van der Waals surface area (Å²) in [5.41, 5.74) is 0.890. The van der Waals surface area contributed by atoms with Crippen molar-refractivity contribution in [2.45, 2.75) is 45.5 Å². The van der Waals surface area contributed by atoms with Gasteiger partial charge in [-0.3, -0.25) is 0 Å². The van der Waals surface area contributed by atoms with Gasteiger partial charge in [-0.25, -0.2) is 0 Å². The Morgan fingerprint density at radius 3 is 2.45 bits per heavy atom. The zero-order valence-electron chi connectivity index (χ0n) is 13.8. The smallest absolute Gasteiger partial charge is 0.432 e. The van der Waals surface area contributed by atoms with Crippen LogP contribution < -0.4 is 0 Å². The summed E-state index contributed by atoms with van der Waals surface area (Å²) in [5.74, 6) is -0.00516. The molecule has 0 unspecified atom stereocenters. The van der Waals surface area contributed by atoms with E-state index >= 15 is 0 Å². The van der Waals surface area contributed by atoms with Gasteiger partial charge in [0.15, 0.2) is 13.3 Å². The maximum absolute atomic E-state index is 10.3. The van der Waals surface area contributed by atoms with E-state index in [1.165, 1.54) is 0 Å². The van der Waals surface area contributed by atoms with Crippen LogP contribution in [0, 0.1) is 5.39 Å². The fourth-order valence-electron chi connectivity index (χ4n) is 2.07. The molecule has 0 saturated carbocycles. The molecular formula is C17H23N2O2Si+. The molecular weight excluding hydrogens is 292 g/mol. The van der Waals surface area contributed by atoms with Crippen molar-refractivity contribution < 1.29 is 9.53 Å². The molecule has 0 heterocycles. The molecule has 2 aromatic rings. The summed E-state index contributed by atoms with van der Waals surface area (Å²) < 4.78 is 6.18. The van der Waals surface area contributed by atoms with E-state index in [2.05, 4.69) is 38.8 Å². The Bertz CT molecular complexity index is 743. The topological polar surface area (TPSA) is 57.6 Å². The zero-order chi connectivity index (χ0) is 16.5. The molecule has 0 amide bonds. The number of rotatable bonds is 3. The molecule has 0 aliphatic rings. The first-order chi connectivity index (χ1) is 10.2. The Morgan fingerprint density at radius 2 is 1.86 bits per heavy atom. The van der Waals surface area contributed by atoms with Crippen LogP contribution in [0.15, 0.2) is 30.3 Å². The summed E-state index contributed by atoms with van der Waals surface area (Å²) in [5, 5.41) is 21.3. The standard InChI is InChI=1S/C17H22N2O2Si/c1-17(2,3)22(4,5)21-11-13-10-12-8-6-7-9-14(12)16(20)15(13)19-18/h6-10H,11H2,1-5H3/p+1. The minimum absolute atomic E-state index is 0.00516. The number of fused-ring (bicyclic) bond motifs is 1. The molecule has 4 nitrogen and oxygen atoms in total. The average molecular weight is 315 g/mol. The molecule has 0 aliphatic heterocycles. The summed E-state index contributed by atoms with van der Waals surface area (Å²) in [7, 11) is -1.91. The molecule has 0 aromatic heterocycles. The number of aromatic hydroxyl groups is 1. The Hall–Kier alpha value is -1.90. The van der Waals surface area contributed by atoms with E-state index in [0.29, 0.717) is 17.6 Å². The molecule has 1 N–H and O–H groups in total. The Kier molecular flexibility index (Phi) is 4.27. The summed E-state index contributed by atoms with van der Waals surface area (Å²) >= 11 is 0. The second kappa shape index (κ2) is 5.71. The Labute approximate surface area is 132 Å². The van der Waals surface area contributed by atoms with Gasteiger partial charge < -0.3 is 9.53 Å². The van der Waals surface area contributed by atoms with Crippen LogP contribution in [0.2, 0.25) is 18.1 Å². The summed E-state index contributed by atoms with van der Waals surface area (Å²) in [6.07, 6.45) is 0. The highest BCUT2D eigenvalue weighted by Gasteiger charge is 2.38. The van der Waals surface area contributed by atoms with Crippen LogP contribution in [0.4, 0.5) is 5.69 Å². The van der Waals surface area contributed by atoms with E-state index in [-0.39, 0.29) is 16.5 Å². The molecule has 5 heteroatoms. The normalized spacial score (nSPS) is 12.4. The molecule has 2 aromatic carbocycles. The number of benzene rings is 2. The lowest BCUT2D eigenvalue weighted by Crippen LogP contribution is -2.40. The Balaban J connectivity index is 2.42. The SMILES string of the molecule is CC(C)(C)[Si](C)(C)OCc1cc2ccccc2c(O)c1[N+]#N. The maximum Gasteiger partial charge on any atom is 0.432 e. The summed E-state index contributed by atoms with van der Waals surface area (Å²) in [6, 6.07) is 9.39. The predicted octanol–water partition coefficient (Wildman–Crippen LogP) is 5.55. The van der Waals surface area contributed by atoms with Gasteiger partial charge in [-0.1, -0.05) is 45.0 Å².